The van der Waals surface area contributed by atoms with Crippen LogP contribution in [0.1, 0.15) is 18.0 Å². The highest BCUT2D eigenvalue weighted by atomic mass is 19.1. The molecule has 0 amide bonds. The Kier molecular flexibility index (Phi) is 2.19. The van der Waals surface area contributed by atoms with E-state index in [4.69, 9.17) is 4.74 Å². The summed E-state index contributed by atoms with van der Waals surface area (Å²) in [6.07, 6.45) is 1.06. The predicted octanol–water partition coefficient (Wildman–Crippen LogP) is 1.87. The molecule has 70 valence electrons. The lowest BCUT2D eigenvalue weighted by atomic mass is 9.97. The van der Waals surface area contributed by atoms with Crippen LogP contribution in [0.3, 0.4) is 0 Å². The first-order valence-electron chi connectivity index (χ1n) is 4.38. The molecule has 1 saturated heterocycles. The molecule has 2 rings (SSSR count). The Bertz CT molecular complexity index is 310. The highest BCUT2D eigenvalue weighted by Gasteiger charge is 2.22. The number of methoxy groups -OCH3 is 1. The Hall–Kier alpha value is -1.09. The number of benzene rings is 1. The van der Waals surface area contributed by atoms with Gasteiger partial charge < -0.3 is 10.1 Å². The molecule has 1 aromatic rings. The fourth-order valence-electron chi connectivity index (χ4n) is 1.53. The number of nitrogens with one attached hydrogen (secondary N) is 1. The molecular formula is C10H12FNO. The summed E-state index contributed by atoms with van der Waals surface area (Å²) in [6.45, 7) is 1.00. The van der Waals surface area contributed by atoms with Crippen LogP contribution in [0.4, 0.5) is 4.39 Å². The third kappa shape index (κ3) is 1.52. The van der Waals surface area contributed by atoms with E-state index >= 15 is 0 Å². The van der Waals surface area contributed by atoms with Crippen LogP contribution in [0.5, 0.6) is 5.75 Å². The van der Waals surface area contributed by atoms with Gasteiger partial charge in [0.1, 0.15) is 11.6 Å². The first-order chi connectivity index (χ1) is 6.31. The zero-order valence-electron chi connectivity index (χ0n) is 7.51. The monoisotopic (exact) mass is 181 g/mol. The van der Waals surface area contributed by atoms with E-state index in [1.807, 2.05) is 0 Å². The van der Waals surface area contributed by atoms with Crippen LogP contribution in [0.2, 0.25) is 0 Å². The third-order valence-electron chi connectivity index (χ3n) is 2.39. The summed E-state index contributed by atoms with van der Waals surface area (Å²) in [5.41, 5.74) is 0.925. The van der Waals surface area contributed by atoms with Gasteiger partial charge in [-0.05, 0) is 31.2 Å². The van der Waals surface area contributed by atoms with Crippen molar-refractivity contribution in [1.29, 1.82) is 0 Å². The van der Waals surface area contributed by atoms with Gasteiger partial charge in [0.05, 0.1) is 7.11 Å². The second kappa shape index (κ2) is 3.34. The Morgan fingerprint density at radius 3 is 2.85 bits per heavy atom. The Morgan fingerprint density at radius 1 is 1.54 bits per heavy atom. The summed E-state index contributed by atoms with van der Waals surface area (Å²) in [5, 5.41) is 3.22. The standard InChI is InChI=1S/C10H12FNO/c1-13-10-3-2-7(11)6-8(10)9-4-5-12-9/h2-3,6,9,12H,4-5H2,1H3/t9-/m0/s1. The van der Waals surface area contributed by atoms with Gasteiger partial charge in [-0.2, -0.15) is 0 Å². The Labute approximate surface area is 76.7 Å². The number of hydrogen-bond acceptors (Lipinski definition) is 2. The lowest BCUT2D eigenvalue weighted by Crippen LogP contribution is -2.35. The topological polar surface area (TPSA) is 21.3 Å². The van der Waals surface area contributed by atoms with Gasteiger partial charge in [0, 0.05) is 11.6 Å². The molecule has 13 heavy (non-hydrogen) atoms. The van der Waals surface area contributed by atoms with Crippen molar-refractivity contribution >= 4 is 0 Å². The average Bonchev–Trinajstić information content (AvgIpc) is 2.02. The minimum Gasteiger partial charge on any atom is -0.496 e. The smallest absolute Gasteiger partial charge is 0.123 e. The molecule has 1 atom stereocenters. The third-order valence-corrected chi connectivity index (χ3v) is 2.39. The normalized spacial score (nSPS) is 20.9. The van der Waals surface area contributed by atoms with Gasteiger partial charge in [-0.1, -0.05) is 0 Å². The molecule has 1 heterocycles. The van der Waals surface area contributed by atoms with E-state index in [0.717, 1.165) is 24.3 Å². The van der Waals surface area contributed by atoms with Crippen molar-refractivity contribution in [2.75, 3.05) is 13.7 Å². The Balaban J connectivity index is 2.33. The van der Waals surface area contributed by atoms with E-state index in [9.17, 15) is 4.39 Å². The maximum absolute atomic E-state index is 12.9. The first kappa shape index (κ1) is 8.51. The van der Waals surface area contributed by atoms with Crippen molar-refractivity contribution in [3.05, 3.63) is 29.6 Å². The Morgan fingerprint density at radius 2 is 2.31 bits per heavy atom. The molecule has 2 nitrogen and oxygen atoms in total. The van der Waals surface area contributed by atoms with Gasteiger partial charge >= 0.3 is 0 Å². The summed E-state index contributed by atoms with van der Waals surface area (Å²) >= 11 is 0. The largest absolute Gasteiger partial charge is 0.496 e. The minimum atomic E-state index is -0.204. The predicted molar refractivity (Wildman–Crippen MR) is 48.3 cm³/mol. The van der Waals surface area contributed by atoms with Gasteiger partial charge in [0.2, 0.25) is 0 Å². The van der Waals surface area contributed by atoms with Gasteiger partial charge in [0.25, 0.3) is 0 Å². The molecule has 0 spiro atoms. The van der Waals surface area contributed by atoms with Gasteiger partial charge in [-0.3, -0.25) is 0 Å². The summed E-state index contributed by atoms with van der Waals surface area (Å²) in [5.74, 6) is 0.558. The van der Waals surface area contributed by atoms with Crippen molar-refractivity contribution < 1.29 is 9.13 Å². The highest BCUT2D eigenvalue weighted by Crippen LogP contribution is 2.31. The molecule has 3 heteroatoms. The zero-order chi connectivity index (χ0) is 9.26. The maximum Gasteiger partial charge on any atom is 0.123 e. The molecule has 1 N–H and O–H groups in total. The van der Waals surface area contributed by atoms with Crippen LogP contribution < -0.4 is 10.1 Å². The summed E-state index contributed by atoms with van der Waals surface area (Å²) in [6, 6.07) is 4.90. The average molecular weight is 181 g/mol. The quantitative estimate of drug-likeness (QED) is 0.752. The van der Waals surface area contributed by atoms with E-state index in [-0.39, 0.29) is 11.9 Å². The SMILES string of the molecule is COc1ccc(F)cc1[C@@H]1CCN1. The molecule has 1 fully saturated rings. The molecule has 0 radical (unpaired) electrons. The molecule has 0 aliphatic carbocycles. The van der Waals surface area contributed by atoms with E-state index in [2.05, 4.69) is 5.32 Å². The van der Waals surface area contributed by atoms with Crippen LogP contribution in [-0.4, -0.2) is 13.7 Å². The minimum absolute atomic E-state index is 0.204. The van der Waals surface area contributed by atoms with E-state index in [1.54, 1.807) is 13.2 Å². The molecule has 0 saturated carbocycles. The van der Waals surface area contributed by atoms with Crippen LogP contribution in [0.25, 0.3) is 0 Å². The van der Waals surface area contributed by atoms with E-state index in [1.165, 1.54) is 12.1 Å². The second-order valence-electron chi connectivity index (χ2n) is 3.18. The molecule has 0 bridgehead atoms. The van der Waals surface area contributed by atoms with Crippen molar-refractivity contribution in [2.45, 2.75) is 12.5 Å². The van der Waals surface area contributed by atoms with Crippen LogP contribution >= 0.6 is 0 Å². The fraction of sp³-hybridized carbons (Fsp3) is 0.400. The van der Waals surface area contributed by atoms with Crippen molar-refractivity contribution in [3.8, 4) is 5.75 Å². The number of hydrogen-bond donors (Lipinski definition) is 1. The summed E-state index contributed by atoms with van der Waals surface area (Å²) in [4.78, 5) is 0. The van der Waals surface area contributed by atoms with Crippen molar-refractivity contribution in [3.63, 3.8) is 0 Å². The number of ether oxygens (including phenoxy) is 1. The van der Waals surface area contributed by atoms with E-state index < -0.39 is 0 Å². The molecule has 1 aliphatic rings. The summed E-state index contributed by atoms with van der Waals surface area (Å²) < 4.78 is 18.1. The lowest BCUT2D eigenvalue weighted by Gasteiger charge is -2.29. The van der Waals surface area contributed by atoms with Crippen LogP contribution in [0.15, 0.2) is 18.2 Å². The van der Waals surface area contributed by atoms with Gasteiger partial charge in [0.15, 0.2) is 0 Å². The summed E-state index contributed by atoms with van der Waals surface area (Å²) in [7, 11) is 1.61. The lowest BCUT2D eigenvalue weighted by molar-refractivity contribution is 0.351. The zero-order valence-corrected chi connectivity index (χ0v) is 7.51. The van der Waals surface area contributed by atoms with Gasteiger partial charge in [-0.25, -0.2) is 4.39 Å². The second-order valence-corrected chi connectivity index (χ2v) is 3.18. The van der Waals surface area contributed by atoms with Crippen LogP contribution in [-0.2, 0) is 0 Å². The number of halogens is 1. The molecule has 0 unspecified atom stereocenters. The molecule has 1 aliphatic heterocycles. The van der Waals surface area contributed by atoms with Crippen molar-refractivity contribution in [2.24, 2.45) is 0 Å². The molecular weight excluding hydrogens is 169 g/mol. The van der Waals surface area contributed by atoms with Crippen molar-refractivity contribution in [1.82, 2.24) is 5.32 Å². The van der Waals surface area contributed by atoms with E-state index in [0.29, 0.717) is 0 Å². The maximum atomic E-state index is 12.9. The molecule has 1 aromatic carbocycles. The highest BCUT2D eigenvalue weighted by molar-refractivity contribution is 5.37. The first-order valence-corrected chi connectivity index (χ1v) is 4.38. The number of rotatable bonds is 2. The fourth-order valence-corrected chi connectivity index (χ4v) is 1.53. The van der Waals surface area contributed by atoms with Gasteiger partial charge in [-0.15, -0.1) is 0 Å². The van der Waals surface area contributed by atoms with Crippen LogP contribution in [0, 0.1) is 5.82 Å². The molecule has 0 aromatic heterocycles.